The Morgan fingerprint density at radius 2 is 2.03 bits per heavy atom. The van der Waals surface area contributed by atoms with E-state index in [2.05, 4.69) is 9.98 Å². The van der Waals surface area contributed by atoms with E-state index in [1.54, 1.807) is 5.38 Å². The molecule has 0 aromatic carbocycles. The summed E-state index contributed by atoms with van der Waals surface area (Å²) in [5.74, 6) is -2.65. The summed E-state index contributed by atoms with van der Waals surface area (Å²) in [6, 6.07) is 2.78. The van der Waals surface area contributed by atoms with E-state index in [1.165, 1.54) is 51.1 Å². The fourth-order valence-corrected chi connectivity index (χ4v) is 7.26. The molecule has 4 rings (SSSR count). The average molecular weight is 556 g/mol. The third-order valence-electron chi connectivity index (χ3n) is 4.64. The smallest absolute Gasteiger partial charge is 0.862 e. The molecule has 0 radical (unpaired) electrons. The topological polar surface area (TPSA) is 146 Å². The number of nitrogens with zero attached hydrogens (tertiary/aromatic N) is 3. The van der Waals surface area contributed by atoms with E-state index in [1.807, 2.05) is 17.5 Å². The molecule has 2 aliphatic heterocycles. The fourth-order valence-electron chi connectivity index (χ4n) is 3.26. The molecule has 1 amide bonds. The van der Waals surface area contributed by atoms with Crippen molar-refractivity contribution in [3.8, 4) is 0 Å². The van der Waals surface area contributed by atoms with Gasteiger partial charge in [0.2, 0.25) is 0 Å². The Balaban J connectivity index is 0.00000204. The molecule has 4 heterocycles. The number of thiophene rings is 1. The molecule has 2 aromatic heterocycles. The number of carbonyl (C=O) groups is 3. The van der Waals surface area contributed by atoms with Gasteiger partial charge in [0.1, 0.15) is 15.4 Å². The van der Waals surface area contributed by atoms with Gasteiger partial charge < -0.3 is 20.1 Å². The van der Waals surface area contributed by atoms with Crippen molar-refractivity contribution in [3.63, 3.8) is 0 Å². The number of hydrogen-bond acceptors (Lipinski definition) is 11. The van der Waals surface area contributed by atoms with E-state index >= 15 is 0 Å². The molecule has 9 nitrogen and oxygen atoms in total. The molecule has 168 valence electrons. The van der Waals surface area contributed by atoms with E-state index < -0.39 is 35.2 Å². The van der Waals surface area contributed by atoms with Crippen LogP contribution in [0.5, 0.6) is 0 Å². The summed E-state index contributed by atoms with van der Waals surface area (Å²) in [6.45, 7) is 0. The summed E-state index contributed by atoms with van der Waals surface area (Å²) in [4.78, 5) is 45.6. The van der Waals surface area contributed by atoms with Crippen LogP contribution in [0.4, 0.5) is 0 Å². The first-order valence-electron chi connectivity index (χ1n) is 9.26. The first kappa shape index (κ1) is 29.9. The standard InChI is InChI=1S/C19H17N3O6S4.2Na/c23-12(5-11-2-1-3-29-11)21-14-16(26)22-15(18(27)28)9(6-30-17(14)22)7-31-19-20-10(8-32-19)4-13(24)25;;/h1-3,8,14,17H,4-7H2,(H,21,23)(H,24,25)(H,27,28);;/q;2*+1/p-2/t14-,17-;;/m1../s1. The minimum Gasteiger partial charge on any atom is -0.862 e. The maximum atomic E-state index is 12.7. The van der Waals surface area contributed by atoms with Crippen molar-refractivity contribution in [1.29, 1.82) is 0 Å². The Morgan fingerprint density at radius 1 is 1.26 bits per heavy atom. The summed E-state index contributed by atoms with van der Waals surface area (Å²) in [5.41, 5.74) is 0.879. The maximum Gasteiger partial charge on any atom is 1.00 e. The van der Waals surface area contributed by atoms with Gasteiger partial charge in [-0.1, -0.05) is 17.8 Å². The number of amides is 1. The Kier molecular flexibility index (Phi) is 11.7. The largest absolute Gasteiger partial charge is 1.00 e. The number of fused-ring (bicyclic) bond motifs is 1. The molecule has 0 aliphatic carbocycles. The molecule has 2 aromatic rings. The number of thioether (sulfide) groups is 2. The van der Waals surface area contributed by atoms with Gasteiger partial charge >= 0.3 is 65.1 Å². The Hall–Kier alpha value is -0.350. The summed E-state index contributed by atoms with van der Waals surface area (Å²) in [6.07, 6.45) is -0.161. The third-order valence-corrected chi connectivity index (χ3v) is 8.99. The zero-order valence-electron chi connectivity index (χ0n) is 18.3. The number of thiazole rings is 1. The van der Waals surface area contributed by atoms with Crippen molar-refractivity contribution in [2.24, 2.45) is 4.99 Å². The number of aliphatic imine (C=N–C) groups is 1. The van der Waals surface area contributed by atoms with Crippen LogP contribution in [-0.2, 0) is 27.2 Å². The average Bonchev–Trinajstić information content (AvgIpc) is 3.41. The van der Waals surface area contributed by atoms with Gasteiger partial charge in [-0.15, -0.1) is 34.4 Å². The predicted octanol–water partition coefficient (Wildman–Crippen LogP) is -5.78. The molecule has 34 heavy (non-hydrogen) atoms. The van der Waals surface area contributed by atoms with Crippen LogP contribution < -0.4 is 69.3 Å². The molecule has 1 saturated heterocycles. The molecule has 2 aliphatic rings. The molecule has 0 spiro atoms. The quantitative estimate of drug-likeness (QED) is 0.105. The number of carboxylic acids is 2. The summed E-state index contributed by atoms with van der Waals surface area (Å²) < 4.78 is 0.604. The molecule has 15 heteroatoms. The first-order chi connectivity index (χ1) is 15.3. The van der Waals surface area contributed by atoms with Gasteiger partial charge in [-0.05, 0) is 22.9 Å². The summed E-state index contributed by atoms with van der Waals surface area (Å²) in [7, 11) is 0. The van der Waals surface area contributed by atoms with Crippen LogP contribution in [0.2, 0.25) is 0 Å². The van der Waals surface area contributed by atoms with Crippen molar-refractivity contribution in [1.82, 2.24) is 9.88 Å². The van der Waals surface area contributed by atoms with Crippen LogP contribution in [0.25, 0.3) is 0 Å². The number of rotatable bonds is 9. The van der Waals surface area contributed by atoms with Gasteiger partial charge in [0, 0.05) is 40.6 Å². The Morgan fingerprint density at radius 3 is 2.68 bits per heavy atom. The van der Waals surface area contributed by atoms with Crippen molar-refractivity contribution >= 4 is 69.9 Å². The number of carbonyl (C=O) groups excluding carboxylic acids is 2. The second-order valence-corrected chi connectivity index (χ2v) is 11.1. The number of β-lactam (4-membered cyclic amide) rings is 1. The maximum absolute atomic E-state index is 12.7. The van der Waals surface area contributed by atoms with E-state index in [-0.39, 0.29) is 77.7 Å². The van der Waals surface area contributed by atoms with Crippen molar-refractivity contribution in [2.45, 2.75) is 28.6 Å². The zero-order valence-corrected chi connectivity index (χ0v) is 25.5. The van der Waals surface area contributed by atoms with E-state index in [0.29, 0.717) is 27.1 Å². The molecule has 0 bridgehead atoms. The van der Waals surface area contributed by atoms with E-state index in [4.69, 9.17) is 0 Å². The number of aliphatic carboxylic acids is 2. The Labute approximate surface area is 255 Å². The van der Waals surface area contributed by atoms with Gasteiger partial charge in [0.05, 0.1) is 5.69 Å². The van der Waals surface area contributed by atoms with Gasteiger partial charge in [-0.25, -0.2) is 9.78 Å². The number of carboxylic acid groups (broad SMARTS) is 2. The SMILES string of the molecule is O=C([O-])Cc1csc(SCC2=C(C(=O)O)N3C(=O)[C@@H](N=C([O-])Cc4cccs4)[C@H]3SC2)n1.[Na+].[Na+]. The van der Waals surface area contributed by atoms with E-state index in [0.717, 1.165) is 4.88 Å². The molecule has 1 fully saturated rings. The van der Waals surface area contributed by atoms with Crippen LogP contribution in [0.3, 0.4) is 0 Å². The van der Waals surface area contributed by atoms with Crippen molar-refractivity contribution in [2.75, 3.05) is 11.5 Å². The molecule has 0 unspecified atom stereocenters. The van der Waals surface area contributed by atoms with Crippen LogP contribution >= 0.6 is 46.2 Å². The number of aromatic nitrogens is 1. The first-order valence-corrected chi connectivity index (χ1v) is 13.1. The molecular weight excluding hydrogens is 540 g/mol. The van der Waals surface area contributed by atoms with Crippen LogP contribution in [-0.4, -0.2) is 61.7 Å². The minimum atomic E-state index is -1.22. The monoisotopic (exact) mass is 555 g/mol. The predicted molar refractivity (Wildman–Crippen MR) is 119 cm³/mol. The Bertz CT molecular complexity index is 1120. The summed E-state index contributed by atoms with van der Waals surface area (Å²) in [5, 5.41) is 35.6. The van der Waals surface area contributed by atoms with Crippen LogP contribution in [0, 0.1) is 0 Å². The third kappa shape index (κ3) is 6.90. The normalized spacial score (nSPS) is 19.6. The summed E-state index contributed by atoms with van der Waals surface area (Å²) >= 11 is 5.36. The van der Waals surface area contributed by atoms with Gasteiger partial charge in [0.25, 0.3) is 5.91 Å². The van der Waals surface area contributed by atoms with Gasteiger partial charge in [-0.3, -0.25) is 14.7 Å². The molecule has 0 saturated carbocycles. The van der Waals surface area contributed by atoms with Crippen molar-refractivity contribution < 1.29 is 88.8 Å². The van der Waals surface area contributed by atoms with Gasteiger partial charge in [0.15, 0.2) is 6.04 Å². The fraction of sp³-hybridized carbons (Fsp3) is 0.316. The van der Waals surface area contributed by atoms with Gasteiger partial charge in [-0.2, -0.15) is 0 Å². The minimum absolute atomic E-state index is 0. The van der Waals surface area contributed by atoms with Crippen molar-refractivity contribution in [3.05, 3.63) is 44.7 Å². The van der Waals surface area contributed by atoms with Crippen LogP contribution in [0.1, 0.15) is 10.6 Å². The van der Waals surface area contributed by atoms with Crippen LogP contribution in [0.15, 0.2) is 43.5 Å². The molecule has 1 N–H and O–H groups in total. The zero-order chi connectivity index (χ0) is 22.8. The second kappa shape index (κ2) is 13.3. The second-order valence-electron chi connectivity index (χ2n) is 6.83. The number of hydrogen-bond donors (Lipinski definition) is 1. The molecular formula is C19H15N3Na2O6S4. The van der Waals surface area contributed by atoms with E-state index in [9.17, 15) is 29.7 Å². The molecule has 2 atom stereocenters.